The van der Waals surface area contributed by atoms with E-state index in [4.69, 9.17) is 4.74 Å². The minimum absolute atomic E-state index is 0.361. The minimum Gasteiger partial charge on any atom is -0.479 e. The fourth-order valence-electron chi connectivity index (χ4n) is 1.89. The molecule has 6 heteroatoms. The number of nitrogens with one attached hydrogen (secondary N) is 2. The molecule has 2 rings (SSSR count). The smallest absolute Gasteiger partial charge is 0.330 e. The third kappa shape index (κ3) is 5.43. The van der Waals surface area contributed by atoms with Crippen molar-refractivity contribution in [3.8, 4) is 0 Å². The van der Waals surface area contributed by atoms with Gasteiger partial charge in [0.1, 0.15) is 0 Å². The Morgan fingerprint density at radius 1 is 1.29 bits per heavy atom. The summed E-state index contributed by atoms with van der Waals surface area (Å²) in [5, 5.41) is 14.2. The van der Waals surface area contributed by atoms with Crippen molar-refractivity contribution in [1.82, 2.24) is 10.6 Å². The summed E-state index contributed by atoms with van der Waals surface area (Å²) in [6.07, 6.45) is 2.45. The summed E-state index contributed by atoms with van der Waals surface area (Å²) in [6, 6.07) is 7.02. The summed E-state index contributed by atoms with van der Waals surface area (Å²) in [6.45, 7) is 1.54. The maximum atomic E-state index is 11.7. The van der Waals surface area contributed by atoms with E-state index in [2.05, 4.69) is 10.6 Å². The standard InChI is InChI=1S/C15H20N2O4/c18-14(19)13(12-4-2-1-3-5-12)17-15(20)16-8-9-21-10-11-6-7-11/h1-5,11,13H,6-10H2,(H,18,19)(H2,16,17,20)/t13-/m0/s1. The lowest BCUT2D eigenvalue weighted by Crippen LogP contribution is -2.42. The fourth-order valence-corrected chi connectivity index (χ4v) is 1.89. The number of carbonyl (C=O) groups excluding carboxylic acids is 1. The van der Waals surface area contributed by atoms with E-state index in [0.717, 1.165) is 6.61 Å². The zero-order valence-electron chi connectivity index (χ0n) is 11.7. The fraction of sp³-hybridized carbons (Fsp3) is 0.467. The molecule has 0 saturated heterocycles. The van der Waals surface area contributed by atoms with Gasteiger partial charge in [0.15, 0.2) is 6.04 Å². The van der Waals surface area contributed by atoms with Crippen molar-refractivity contribution in [2.45, 2.75) is 18.9 Å². The Balaban J connectivity index is 1.71. The van der Waals surface area contributed by atoms with Crippen LogP contribution in [0, 0.1) is 5.92 Å². The molecule has 1 aliphatic carbocycles. The molecule has 1 fully saturated rings. The summed E-state index contributed by atoms with van der Waals surface area (Å²) < 4.78 is 5.39. The summed E-state index contributed by atoms with van der Waals surface area (Å²) in [7, 11) is 0. The normalized spacial score (nSPS) is 15.2. The highest BCUT2D eigenvalue weighted by Crippen LogP contribution is 2.28. The van der Waals surface area contributed by atoms with E-state index < -0.39 is 18.0 Å². The van der Waals surface area contributed by atoms with E-state index in [1.165, 1.54) is 12.8 Å². The number of ether oxygens (including phenoxy) is 1. The van der Waals surface area contributed by atoms with Crippen LogP contribution in [0.5, 0.6) is 0 Å². The Kier molecular flexibility index (Phi) is 5.57. The molecule has 0 radical (unpaired) electrons. The lowest BCUT2D eigenvalue weighted by Gasteiger charge is -2.15. The molecule has 21 heavy (non-hydrogen) atoms. The molecular weight excluding hydrogens is 272 g/mol. The number of amides is 2. The second-order valence-corrected chi connectivity index (χ2v) is 5.10. The Hall–Kier alpha value is -2.08. The zero-order chi connectivity index (χ0) is 15.1. The van der Waals surface area contributed by atoms with Crippen LogP contribution in [-0.2, 0) is 9.53 Å². The van der Waals surface area contributed by atoms with E-state index in [1.807, 2.05) is 0 Å². The maximum Gasteiger partial charge on any atom is 0.330 e. The van der Waals surface area contributed by atoms with Gasteiger partial charge in [0.25, 0.3) is 0 Å². The molecule has 0 bridgehead atoms. The number of aliphatic carboxylic acids is 1. The van der Waals surface area contributed by atoms with Gasteiger partial charge >= 0.3 is 12.0 Å². The van der Waals surface area contributed by atoms with Crippen LogP contribution in [0.2, 0.25) is 0 Å². The molecule has 1 aromatic carbocycles. The number of hydrogen-bond donors (Lipinski definition) is 3. The Bertz CT molecular complexity index is 474. The van der Waals surface area contributed by atoms with Gasteiger partial charge in [0.2, 0.25) is 0 Å². The molecule has 0 spiro atoms. The highest BCUT2D eigenvalue weighted by atomic mass is 16.5. The van der Waals surface area contributed by atoms with Gasteiger partial charge in [-0.3, -0.25) is 0 Å². The van der Waals surface area contributed by atoms with Crippen LogP contribution < -0.4 is 10.6 Å². The molecule has 1 aliphatic rings. The first kappa shape index (κ1) is 15.3. The predicted molar refractivity (Wildman–Crippen MR) is 76.9 cm³/mol. The average molecular weight is 292 g/mol. The molecule has 0 aliphatic heterocycles. The minimum atomic E-state index is -1.10. The molecule has 6 nitrogen and oxygen atoms in total. The van der Waals surface area contributed by atoms with Crippen molar-refractivity contribution in [1.29, 1.82) is 0 Å². The topological polar surface area (TPSA) is 87.7 Å². The van der Waals surface area contributed by atoms with Crippen LogP contribution in [0.25, 0.3) is 0 Å². The van der Waals surface area contributed by atoms with E-state index in [1.54, 1.807) is 30.3 Å². The number of carbonyl (C=O) groups is 2. The van der Waals surface area contributed by atoms with Crippen LogP contribution in [-0.4, -0.2) is 36.9 Å². The van der Waals surface area contributed by atoms with Crippen molar-refractivity contribution in [2.24, 2.45) is 5.92 Å². The van der Waals surface area contributed by atoms with E-state index in [0.29, 0.717) is 24.6 Å². The Labute approximate surface area is 123 Å². The van der Waals surface area contributed by atoms with Crippen LogP contribution in [0.3, 0.4) is 0 Å². The molecule has 0 heterocycles. The summed E-state index contributed by atoms with van der Waals surface area (Å²) in [5.74, 6) is -0.408. The molecule has 114 valence electrons. The maximum absolute atomic E-state index is 11.7. The SMILES string of the molecule is O=C(NCCOCC1CC1)N[C@H](C(=O)O)c1ccccc1. The number of rotatable bonds is 8. The number of benzene rings is 1. The number of urea groups is 1. The molecular formula is C15H20N2O4. The van der Waals surface area contributed by atoms with Crippen molar-refractivity contribution < 1.29 is 19.4 Å². The number of hydrogen-bond acceptors (Lipinski definition) is 3. The second kappa shape index (κ2) is 7.64. The van der Waals surface area contributed by atoms with Gasteiger partial charge in [-0.15, -0.1) is 0 Å². The van der Waals surface area contributed by atoms with Gasteiger partial charge in [-0.1, -0.05) is 30.3 Å². The van der Waals surface area contributed by atoms with E-state index in [-0.39, 0.29) is 0 Å². The van der Waals surface area contributed by atoms with Gasteiger partial charge in [-0.2, -0.15) is 0 Å². The van der Waals surface area contributed by atoms with Crippen molar-refractivity contribution in [2.75, 3.05) is 19.8 Å². The molecule has 1 saturated carbocycles. The van der Waals surface area contributed by atoms with Gasteiger partial charge in [-0.25, -0.2) is 9.59 Å². The highest BCUT2D eigenvalue weighted by molar-refractivity contribution is 5.83. The van der Waals surface area contributed by atoms with Crippen LogP contribution >= 0.6 is 0 Å². The second-order valence-electron chi connectivity index (χ2n) is 5.10. The largest absolute Gasteiger partial charge is 0.479 e. The third-order valence-corrected chi connectivity index (χ3v) is 3.24. The molecule has 1 atom stereocenters. The quantitative estimate of drug-likeness (QED) is 0.634. The molecule has 2 amide bonds. The molecule has 1 aromatic rings. The average Bonchev–Trinajstić information content (AvgIpc) is 3.29. The van der Waals surface area contributed by atoms with Crippen LogP contribution in [0.15, 0.2) is 30.3 Å². The zero-order valence-corrected chi connectivity index (χ0v) is 11.7. The van der Waals surface area contributed by atoms with E-state index >= 15 is 0 Å². The highest BCUT2D eigenvalue weighted by Gasteiger charge is 2.22. The lowest BCUT2D eigenvalue weighted by atomic mass is 10.1. The first-order valence-corrected chi connectivity index (χ1v) is 7.06. The van der Waals surface area contributed by atoms with Crippen molar-refractivity contribution in [3.63, 3.8) is 0 Å². The van der Waals surface area contributed by atoms with Gasteiger partial charge in [-0.05, 0) is 24.3 Å². The van der Waals surface area contributed by atoms with Crippen LogP contribution in [0.4, 0.5) is 4.79 Å². The van der Waals surface area contributed by atoms with Crippen molar-refractivity contribution >= 4 is 12.0 Å². The van der Waals surface area contributed by atoms with Gasteiger partial charge in [0, 0.05) is 13.2 Å². The summed E-state index contributed by atoms with van der Waals surface area (Å²) in [5.41, 5.74) is 0.533. The monoisotopic (exact) mass is 292 g/mol. The molecule has 0 unspecified atom stereocenters. The summed E-state index contributed by atoms with van der Waals surface area (Å²) >= 11 is 0. The van der Waals surface area contributed by atoms with E-state index in [9.17, 15) is 14.7 Å². The predicted octanol–water partition coefficient (Wildman–Crippen LogP) is 1.54. The van der Waals surface area contributed by atoms with Crippen LogP contribution in [0.1, 0.15) is 24.4 Å². The first-order chi connectivity index (χ1) is 10.2. The molecule has 0 aromatic heterocycles. The Morgan fingerprint density at radius 3 is 2.62 bits per heavy atom. The van der Waals surface area contributed by atoms with Gasteiger partial charge in [0.05, 0.1) is 6.61 Å². The lowest BCUT2D eigenvalue weighted by molar-refractivity contribution is -0.139. The number of carboxylic acid groups (broad SMARTS) is 1. The van der Waals surface area contributed by atoms with Crippen molar-refractivity contribution in [3.05, 3.63) is 35.9 Å². The number of carboxylic acids is 1. The molecule has 3 N–H and O–H groups in total. The summed E-state index contributed by atoms with van der Waals surface area (Å²) in [4.78, 5) is 22.9. The first-order valence-electron chi connectivity index (χ1n) is 7.06. The third-order valence-electron chi connectivity index (χ3n) is 3.24. The Morgan fingerprint density at radius 2 is 2.00 bits per heavy atom. The van der Waals surface area contributed by atoms with Gasteiger partial charge < -0.3 is 20.5 Å².